The van der Waals surface area contributed by atoms with Crippen LogP contribution in [0.5, 0.6) is 0 Å². The van der Waals surface area contributed by atoms with Crippen LogP contribution in [0.25, 0.3) is 0 Å². The molecule has 0 spiro atoms. The molecule has 0 aromatic rings. The summed E-state index contributed by atoms with van der Waals surface area (Å²) in [6.45, 7) is 19.4. The molecule has 0 saturated heterocycles. The van der Waals surface area contributed by atoms with Crippen molar-refractivity contribution in [2.45, 2.75) is 93.5 Å². The second kappa shape index (κ2) is 9.89. The molecule has 3 nitrogen and oxygen atoms in total. The molecular weight excluding hydrogens is 312 g/mol. The van der Waals surface area contributed by atoms with Crippen LogP contribution in [-0.2, 0) is 4.74 Å². The van der Waals surface area contributed by atoms with Crippen molar-refractivity contribution < 1.29 is 14.9 Å². The molecule has 25 heavy (non-hydrogen) atoms. The molecule has 2 unspecified atom stereocenters. The highest BCUT2D eigenvalue weighted by atomic mass is 16.6. The normalized spacial score (nSPS) is 17.2. The van der Waals surface area contributed by atoms with E-state index in [1.54, 1.807) is 6.08 Å². The fourth-order valence-corrected chi connectivity index (χ4v) is 2.83. The quantitative estimate of drug-likeness (QED) is 0.426. The third-order valence-electron chi connectivity index (χ3n) is 4.68. The summed E-state index contributed by atoms with van der Waals surface area (Å²) in [4.78, 5) is 0. The fraction of sp³-hybridized carbons (Fsp3) is 0.818. The number of rotatable bonds is 9. The van der Waals surface area contributed by atoms with Gasteiger partial charge in [-0.15, -0.1) is 0 Å². The van der Waals surface area contributed by atoms with E-state index in [-0.39, 0.29) is 17.4 Å². The van der Waals surface area contributed by atoms with Crippen molar-refractivity contribution in [2.24, 2.45) is 16.7 Å². The van der Waals surface area contributed by atoms with Gasteiger partial charge in [0.05, 0.1) is 12.2 Å². The number of aliphatic hydroxyl groups excluding tert-OH is 2. The summed E-state index contributed by atoms with van der Waals surface area (Å²) in [7, 11) is 0. The SMILES string of the molecule is CCC(C)(C)C(CC=CC(=CCO)C(O)OC(C)(C)C)CC(C)(C)C. The van der Waals surface area contributed by atoms with Gasteiger partial charge in [0.1, 0.15) is 0 Å². The molecule has 0 radical (unpaired) electrons. The van der Waals surface area contributed by atoms with Crippen LogP contribution in [0.4, 0.5) is 0 Å². The molecule has 2 N–H and O–H groups in total. The van der Waals surface area contributed by atoms with Gasteiger partial charge in [0.25, 0.3) is 0 Å². The van der Waals surface area contributed by atoms with Crippen LogP contribution in [0.15, 0.2) is 23.8 Å². The number of hydrogen-bond acceptors (Lipinski definition) is 3. The molecule has 0 heterocycles. The van der Waals surface area contributed by atoms with E-state index in [2.05, 4.69) is 47.6 Å². The first-order chi connectivity index (χ1) is 11.2. The van der Waals surface area contributed by atoms with Crippen molar-refractivity contribution in [1.29, 1.82) is 0 Å². The van der Waals surface area contributed by atoms with Gasteiger partial charge in [0.2, 0.25) is 0 Å². The van der Waals surface area contributed by atoms with Gasteiger partial charge in [0, 0.05) is 5.57 Å². The lowest BCUT2D eigenvalue weighted by Gasteiger charge is -2.37. The average molecular weight is 355 g/mol. The van der Waals surface area contributed by atoms with E-state index >= 15 is 0 Å². The summed E-state index contributed by atoms with van der Waals surface area (Å²) in [5.41, 5.74) is 0.713. The maximum Gasteiger partial charge on any atom is 0.181 e. The van der Waals surface area contributed by atoms with Crippen LogP contribution in [0.2, 0.25) is 0 Å². The summed E-state index contributed by atoms with van der Waals surface area (Å²) < 4.78 is 5.60. The minimum absolute atomic E-state index is 0.115. The Kier molecular flexibility index (Phi) is 9.64. The standard InChI is InChI=1S/C22H42O3/c1-10-22(8,9)18(16-20(2,3)4)13-11-12-17(14-15-23)19(24)25-21(5,6)7/h11-12,14,18-19,23-24H,10,13,15-16H2,1-9H3. The summed E-state index contributed by atoms with van der Waals surface area (Å²) >= 11 is 0. The lowest BCUT2D eigenvalue weighted by molar-refractivity contribution is -0.142. The highest BCUT2D eigenvalue weighted by Gasteiger charge is 2.30. The third kappa shape index (κ3) is 10.8. The van der Waals surface area contributed by atoms with E-state index in [4.69, 9.17) is 4.74 Å². The maximum absolute atomic E-state index is 10.3. The first-order valence-corrected chi connectivity index (χ1v) is 9.55. The Bertz CT molecular complexity index is 433. The molecule has 0 aliphatic carbocycles. The Balaban J connectivity index is 5.17. The number of ether oxygens (including phenoxy) is 1. The van der Waals surface area contributed by atoms with Crippen LogP contribution in [-0.4, -0.2) is 28.7 Å². The van der Waals surface area contributed by atoms with Crippen LogP contribution >= 0.6 is 0 Å². The van der Waals surface area contributed by atoms with E-state index in [0.29, 0.717) is 11.5 Å². The van der Waals surface area contributed by atoms with E-state index in [0.717, 1.165) is 19.3 Å². The van der Waals surface area contributed by atoms with E-state index < -0.39 is 11.9 Å². The van der Waals surface area contributed by atoms with E-state index in [1.165, 1.54) is 0 Å². The van der Waals surface area contributed by atoms with E-state index in [9.17, 15) is 10.2 Å². The van der Waals surface area contributed by atoms with Gasteiger partial charge in [0.15, 0.2) is 6.29 Å². The van der Waals surface area contributed by atoms with Gasteiger partial charge in [-0.2, -0.15) is 0 Å². The van der Waals surface area contributed by atoms with Crippen LogP contribution in [0.3, 0.4) is 0 Å². The Morgan fingerprint density at radius 3 is 2.00 bits per heavy atom. The minimum Gasteiger partial charge on any atom is -0.392 e. The van der Waals surface area contributed by atoms with Crippen molar-refractivity contribution >= 4 is 0 Å². The predicted molar refractivity (Wildman–Crippen MR) is 107 cm³/mol. The summed E-state index contributed by atoms with van der Waals surface area (Å²) in [5, 5.41) is 19.5. The first kappa shape index (κ1) is 24.4. The van der Waals surface area contributed by atoms with Crippen LogP contribution in [0.1, 0.15) is 81.6 Å². The Morgan fingerprint density at radius 2 is 1.60 bits per heavy atom. The van der Waals surface area contributed by atoms with Crippen LogP contribution in [0, 0.1) is 16.7 Å². The minimum atomic E-state index is -1.02. The molecule has 0 aliphatic heterocycles. The second-order valence-corrected chi connectivity index (χ2v) is 9.91. The number of aliphatic hydroxyl groups is 2. The van der Waals surface area contributed by atoms with Crippen LogP contribution < -0.4 is 0 Å². The van der Waals surface area contributed by atoms with Crippen molar-refractivity contribution in [2.75, 3.05) is 6.61 Å². The molecule has 0 amide bonds. The monoisotopic (exact) mass is 354 g/mol. The third-order valence-corrected chi connectivity index (χ3v) is 4.68. The number of hydrogen-bond donors (Lipinski definition) is 2. The van der Waals surface area contributed by atoms with Crippen molar-refractivity contribution in [1.82, 2.24) is 0 Å². The highest BCUT2D eigenvalue weighted by molar-refractivity contribution is 5.21. The molecule has 148 valence electrons. The van der Waals surface area contributed by atoms with Gasteiger partial charge >= 0.3 is 0 Å². The topological polar surface area (TPSA) is 49.7 Å². The molecule has 0 aromatic carbocycles. The Morgan fingerprint density at radius 1 is 1.04 bits per heavy atom. The lowest BCUT2D eigenvalue weighted by Crippen LogP contribution is -2.28. The van der Waals surface area contributed by atoms with E-state index in [1.807, 2.05) is 26.8 Å². The zero-order valence-corrected chi connectivity index (χ0v) is 18.0. The Labute approximate surface area is 156 Å². The summed E-state index contributed by atoms with van der Waals surface area (Å²) in [5.74, 6) is 0.560. The predicted octanol–water partition coefficient (Wildman–Crippen LogP) is 5.47. The summed E-state index contributed by atoms with van der Waals surface area (Å²) in [6.07, 6.45) is 7.83. The summed E-state index contributed by atoms with van der Waals surface area (Å²) in [6, 6.07) is 0. The molecule has 0 saturated carbocycles. The lowest BCUT2D eigenvalue weighted by atomic mass is 9.68. The maximum atomic E-state index is 10.3. The van der Waals surface area contributed by atoms with Gasteiger partial charge in [-0.3, -0.25) is 0 Å². The first-order valence-electron chi connectivity index (χ1n) is 9.55. The molecule has 0 aliphatic rings. The molecule has 0 fully saturated rings. The molecule has 0 rings (SSSR count). The smallest absolute Gasteiger partial charge is 0.181 e. The van der Waals surface area contributed by atoms with Gasteiger partial charge in [-0.05, 0) is 50.4 Å². The second-order valence-electron chi connectivity index (χ2n) is 9.91. The average Bonchev–Trinajstić information content (AvgIpc) is 2.42. The van der Waals surface area contributed by atoms with Gasteiger partial charge < -0.3 is 14.9 Å². The molecule has 3 heteroatoms. The Hall–Kier alpha value is -0.640. The van der Waals surface area contributed by atoms with Crippen molar-refractivity contribution in [3.63, 3.8) is 0 Å². The number of allylic oxidation sites excluding steroid dienone is 1. The van der Waals surface area contributed by atoms with Crippen molar-refractivity contribution in [3.8, 4) is 0 Å². The van der Waals surface area contributed by atoms with Gasteiger partial charge in [-0.25, -0.2) is 0 Å². The van der Waals surface area contributed by atoms with Crippen molar-refractivity contribution in [3.05, 3.63) is 23.8 Å². The molecular formula is C22H42O3. The fourth-order valence-electron chi connectivity index (χ4n) is 2.83. The molecule has 0 aromatic heterocycles. The largest absolute Gasteiger partial charge is 0.392 e. The zero-order valence-electron chi connectivity index (χ0n) is 18.0. The highest BCUT2D eigenvalue weighted by Crippen LogP contribution is 2.40. The molecule has 0 bridgehead atoms. The zero-order chi connectivity index (χ0) is 19.9. The van der Waals surface area contributed by atoms with Gasteiger partial charge in [-0.1, -0.05) is 66.2 Å². The molecule has 2 atom stereocenters.